The van der Waals surface area contributed by atoms with E-state index in [4.69, 9.17) is 11.6 Å². The molecule has 0 aromatic heterocycles. The molecule has 1 unspecified atom stereocenters. The van der Waals surface area contributed by atoms with Gasteiger partial charge in [0.25, 0.3) is 5.91 Å². The fraction of sp³-hybridized carbons (Fsp3) is 0.579. The highest BCUT2D eigenvalue weighted by molar-refractivity contribution is 6.31. The summed E-state index contributed by atoms with van der Waals surface area (Å²) in [6, 6.07) is 5.52. The molecule has 2 aliphatic rings. The Kier molecular flexibility index (Phi) is 5.84. The van der Waals surface area contributed by atoms with Crippen LogP contribution in [0.2, 0.25) is 5.02 Å². The topological polar surface area (TPSA) is 52.7 Å². The highest BCUT2D eigenvalue weighted by atomic mass is 35.5. The van der Waals surface area contributed by atoms with Crippen molar-refractivity contribution in [3.8, 4) is 0 Å². The smallest absolute Gasteiger partial charge is 0.256 e. The highest BCUT2D eigenvalue weighted by Crippen LogP contribution is 2.24. The molecule has 25 heavy (non-hydrogen) atoms. The zero-order valence-corrected chi connectivity index (χ0v) is 15.5. The van der Waals surface area contributed by atoms with Gasteiger partial charge in [0.1, 0.15) is 0 Å². The van der Waals surface area contributed by atoms with Crippen LogP contribution in [-0.2, 0) is 4.79 Å². The summed E-state index contributed by atoms with van der Waals surface area (Å²) in [6.07, 6.45) is 5.39. The summed E-state index contributed by atoms with van der Waals surface area (Å²) in [4.78, 5) is 29.1. The minimum absolute atomic E-state index is 0.0127. The molecule has 5 nitrogen and oxygen atoms in total. The van der Waals surface area contributed by atoms with Crippen molar-refractivity contribution in [3.63, 3.8) is 0 Å². The van der Waals surface area contributed by atoms with E-state index < -0.39 is 0 Å². The van der Waals surface area contributed by atoms with Crippen molar-refractivity contribution in [2.24, 2.45) is 0 Å². The van der Waals surface area contributed by atoms with Crippen LogP contribution in [0.15, 0.2) is 18.2 Å². The predicted molar refractivity (Wildman–Crippen MR) is 100 cm³/mol. The van der Waals surface area contributed by atoms with Crippen molar-refractivity contribution in [3.05, 3.63) is 28.8 Å². The van der Waals surface area contributed by atoms with E-state index in [0.29, 0.717) is 22.3 Å². The maximum Gasteiger partial charge on any atom is 0.256 e. The molecule has 0 bridgehead atoms. The molecule has 0 aliphatic carbocycles. The van der Waals surface area contributed by atoms with Gasteiger partial charge in [-0.3, -0.25) is 9.59 Å². The second-order valence-electron chi connectivity index (χ2n) is 6.97. The molecule has 3 rings (SSSR count). The Morgan fingerprint density at radius 2 is 1.88 bits per heavy atom. The molecular weight excluding hydrogens is 338 g/mol. The normalized spacial score (nSPS) is 20.6. The number of rotatable bonds is 4. The lowest BCUT2D eigenvalue weighted by Gasteiger charge is -2.33. The Hall–Kier alpha value is -1.75. The SMILES string of the molecule is CC1CCCCN1C(=O)CNc1ccc(Cl)cc1C(=O)N1CCCC1. The van der Waals surface area contributed by atoms with Crippen LogP contribution in [0, 0.1) is 0 Å². The summed E-state index contributed by atoms with van der Waals surface area (Å²) in [5, 5.41) is 3.70. The van der Waals surface area contributed by atoms with E-state index in [0.717, 1.165) is 45.3 Å². The van der Waals surface area contributed by atoms with E-state index in [9.17, 15) is 9.59 Å². The lowest BCUT2D eigenvalue weighted by atomic mass is 10.0. The number of nitrogens with zero attached hydrogens (tertiary/aromatic N) is 2. The predicted octanol–water partition coefficient (Wildman–Crippen LogP) is 3.39. The van der Waals surface area contributed by atoms with Crippen molar-refractivity contribution in [2.75, 3.05) is 31.5 Å². The van der Waals surface area contributed by atoms with Gasteiger partial charge >= 0.3 is 0 Å². The van der Waals surface area contributed by atoms with Gasteiger partial charge in [-0.1, -0.05) is 11.6 Å². The molecule has 1 aromatic rings. The molecule has 2 amide bonds. The maximum atomic E-state index is 12.8. The Bertz CT molecular complexity index is 644. The van der Waals surface area contributed by atoms with Gasteiger partial charge in [-0.2, -0.15) is 0 Å². The van der Waals surface area contributed by atoms with Crippen LogP contribution in [-0.4, -0.2) is 53.8 Å². The largest absolute Gasteiger partial charge is 0.376 e. The first-order valence-corrected chi connectivity index (χ1v) is 9.56. The highest BCUT2D eigenvalue weighted by Gasteiger charge is 2.25. The fourth-order valence-electron chi connectivity index (χ4n) is 3.68. The standard InChI is InChI=1S/C19H26ClN3O2/c1-14-6-2-3-11-23(14)18(24)13-21-17-8-7-15(20)12-16(17)19(25)22-9-4-5-10-22/h7-8,12,14,21H,2-6,9-11,13H2,1H3. The number of carbonyl (C=O) groups is 2. The van der Waals surface area contributed by atoms with E-state index in [1.807, 2.05) is 9.80 Å². The molecule has 1 N–H and O–H groups in total. The van der Waals surface area contributed by atoms with Gasteiger partial charge in [0, 0.05) is 36.4 Å². The van der Waals surface area contributed by atoms with Crippen LogP contribution in [0.5, 0.6) is 0 Å². The van der Waals surface area contributed by atoms with E-state index >= 15 is 0 Å². The van der Waals surface area contributed by atoms with Crippen molar-refractivity contribution >= 4 is 29.1 Å². The molecule has 1 atom stereocenters. The average molecular weight is 364 g/mol. The molecule has 136 valence electrons. The summed E-state index contributed by atoms with van der Waals surface area (Å²) in [7, 11) is 0. The van der Waals surface area contributed by atoms with E-state index in [1.54, 1.807) is 18.2 Å². The lowest BCUT2D eigenvalue weighted by molar-refractivity contribution is -0.132. The van der Waals surface area contributed by atoms with Crippen molar-refractivity contribution in [1.82, 2.24) is 9.80 Å². The minimum atomic E-state index is -0.0127. The van der Waals surface area contributed by atoms with E-state index in [2.05, 4.69) is 12.2 Å². The Morgan fingerprint density at radius 3 is 2.60 bits per heavy atom. The van der Waals surface area contributed by atoms with Crippen LogP contribution in [0.4, 0.5) is 5.69 Å². The number of benzene rings is 1. The first kappa shape index (κ1) is 18.1. The van der Waals surface area contributed by atoms with Gasteiger partial charge in [0.05, 0.1) is 12.1 Å². The molecule has 6 heteroatoms. The van der Waals surface area contributed by atoms with Crippen molar-refractivity contribution < 1.29 is 9.59 Å². The average Bonchev–Trinajstić information content (AvgIpc) is 3.14. The molecule has 0 radical (unpaired) electrons. The van der Waals surface area contributed by atoms with Crippen LogP contribution >= 0.6 is 11.6 Å². The lowest BCUT2D eigenvalue weighted by Crippen LogP contribution is -2.44. The number of piperidine rings is 1. The number of hydrogen-bond acceptors (Lipinski definition) is 3. The summed E-state index contributed by atoms with van der Waals surface area (Å²) in [5.41, 5.74) is 1.23. The third-order valence-electron chi connectivity index (χ3n) is 5.16. The Balaban J connectivity index is 1.69. The molecule has 1 aromatic carbocycles. The fourth-order valence-corrected chi connectivity index (χ4v) is 3.85. The van der Waals surface area contributed by atoms with Crippen LogP contribution in [0.3, 0.4) is 0 Å². The third kappa shape index (κ3) is 4.27. The summed E-state index contributed by atoms with van der Waals surface area (Å²) in [5.74, 6) is 0.0722. The first-order chi connectivity index (χ1) is 12.1. The number of amides is 2. The van der Waals surface area contributed by atoms with Gasteiger partial charge < -0.3 is 15.1 Å². The monoisotopic (exact) mass is 363 g/mol. The van der Waals surface area contributed by atoms with E-state index in [-0.39, 0.29) is 18.4 Å². The molecule has 2 fully saturated rings. The van der Waals surface area contributed by atoms with Crippen molar-refractivity contribution in [1.29, 1.82) is 0 Å². The number of likely N-dealkylation sites (tertiary alicyclic amines) is 2. The second-order valence-corrected chi connectivity index (χ2v) is 7.41. The third-order valence-corrected chi connectivity index (χ3v) is 5.39. The number of carbonyl (C=O) groups excluding carboxylic acids is 2. The van der Waals surface area contributed by atoms with E-state index in [1.165, 1.54) is 6.42 Å². The zero-order chi connectivity index (χ0) is 17.8. The maximum absolute atomic E-state index is 12.8. The number of nitrogens with one attached hydrogen (secondary N) is 1. The summed E-state index contributed by atoms with van der Waals surface area (Å²) < 4.78 is 0. The molecule has 2 heterocycles. The molecule has 0 saturated carbocycles. The first-order valence-electron chi connectivity index (χ1n) is 9.18. The zero-order valence-electron chi connectivity index (χ0n) is 14.8. The van der Waals surface area contributed by atoms with Crippen LogP contribution in [0.1, 0.15) is 49.4 Å². The minimum Gasteiger partial charge on any atom is -0.376 e. The van der Waals surface area contributed by atoms with Crippen molar-refractivity contribution in [2.45, 2.75) is 45.1 Å². The summed E-state index contributed by atoms with van der Waals surface area (Å²) >= 11 is 6.10. The van der Waals surface area contributed by atoms with Gasteiger partial charge in [-0.25, -0.2) is 0 Å². The number of halogens is 1. The summed E-state index contributed by atoms with van der Waals surface area (Å²) in [6.45, 7) is 4.69. The molecule has 2 aliphatic heterocycles. The molecule has 0 spiro atoms. The molecule has 2 saturated heterocycles. The van der Waals surface area contributed by atoms with Crippen LogP contribution < -0.4 is 5.32 Å². The second kappa shape index (κ2) is 8.09. The Morgan fingerprint density at radius 1 is 1.16 bits per heavy atom. The van der Waals surface area contributed by atoms with Gasteiger partial charge in [-0.15, -0.1) is 0 Å². The van der Waals surface area contributed by atoms with Gasteiger partial charge in [0.15, 0.2) is 0 Å². The van der Waals surface area contributed by atoms with Crippen LogP contribution in [0.25, 0.3) is 0 Å². The quantitative estimate of drug-likeness (QED) is 0.892. The van der Waals surface area contributed by atoms with Gasteiger partial charge in [-0.05, 0) is 57.2 Å². The number of anilines is 1. The Labute approximate surface area is 154 Å². The number of hydrogen-bond donors (Lipinski definition) is 1. The van der Waals surface area contributed by atoms with Gasteiger partial charge in [0.2, 0.25) is 5.91 Å². The molecular formula is C19H26ClN3O2.